The van der Waals surface area contributed by atoms with Gasteiger partial charge in [0.2, 0.25) is 17.7 Å². The summed E-state index contributed by atoms with van der Waals surface area (Å²) in [4.78, 5) is 41.8. The van der Waals surface area contributed by atoms with Crippen LogP contribution in [0, 0.1) is 23.2 Å². The Labute approximate surface area is 190 Å². The van der Waals surface area contributed by atoms with Crippen LogP contribution in [0.15, 0.2) is 0 Å². The number of carbonyl (C=O) groups is 3. The van der Waals surface area contributed by atoms with Gasteiger partial charge in [0.05, 0.1) is 16.6 Å². The van der Waals surface area contributed by atoms with Crippen molar-refractivity contribution in [1.29, 1.82) is 0 Å². The SMILES string of the molecule is CNC(=O)[C@@H]1[C@@H]2CC(C)C3(S2)C(C(=O)NC(C)(C)CC(C)(C)C)N(CCCO)C(=O)[C@H]13. The van der Waals surface area contributed by atoms with Crippen LogP contribution in [0.5, 0.6) is 0 Å². The highest BCUT2D eigenvalue weighted by Gasteiger charge is 2.75. The zero-order chi connectivity index (χ0) is 23.4. The first-order valence-electron chi connectivity index (χ1n) is 11.4. The van der Waals surface area contributed by atoms with Gasteiger partial charge in [-0.1, -0.05) is 27.7 Å². The molecule has 8 heteroatoms. The molecule has 3 saturated heterocycles. The summed E-state index contributed by atoms with van der Waals surface area (Å²) in [6.07, 6.45) is 2.04. The molecule has 3 fully saturated rings. The second-order valence-electron chi connectivity index (χ2n) is 11.4. The van der Waals surface area contributed by atoms with Crippen LogP contribution in [-0.2, 0) is 14.4 Å². The molecule has 3 heterocycles. The Morgan fingerprint density at radius 3 is 2.42 bits per heavy atom. The minimum Gasteiger partial charge on any atom is -0.396 e. The van der Waals surface area contributed by atoms with Gasteiger partial charge >= 0.3 is 0 Å². The highest BCUT2D eigenvalue weighted by atomic mass is 32.2. The highest BCUT2D eigenvalue weighted by molar-refractivity contribution is 8.02. The lowest BCUT2D eigenvalue weighted by Gasteiger charge is -2.41. The van der Waals surface area contributed by atoms with Crippen molar-refractivity contribution in [2.75, 3.05) is 20.2 Å². The molecule has 0 aromatic heterocycles. The Bertz CT molecular complexity index is 750. The monoisotopic (exact) mass is 453 g/mol. The van der Waals surface area contributed by atoms with Crippen molar-refractivity contribution in [2.24, 2.45) is 23.2 Å². The molecule has 3 rings (SSSR count). The van der Waals surface area contributed by atoms with Crippen LogP contribution in [-0.4, -0.2) is 69.5 Å². The Morgan fingerprint density at radius 1 is 1.23 bits per heavy atom. The van der Waals surface area contributed by atoms with Crippen LogP contribution in [0.25, 0.3) is 0 Å². The smallest absolute Gasteiger partial charge is 0.244 e. The molecule has 176 valence electrons. The topological polar surface area (TPSA) is 98.7 Å². The Balaban J connectivity index is 1.99. The van der Waals surface area contributed by atoms with Gasteiger partial charge in [0.25, 0.3) is 0 Å². The average molecular weight is 454 g/mol. The van der Waals surface area contributed by atoms with E-state index in [1.54, 1.807) is 23.7 Å². The van der Waals surface area contributed by atoms with E-state index in [2.05, 4.69) is 38.3 Å². The Kier molecular flexibility index (Phi) is 6.48. The van der Waals surface area contributed by atoms with Gasteiger partial charge in [-0.3, -0.25) is 14.4 Å². The van der Waals surface area contributed by atoms with E-state index in [1.807, 2.05) is 13.8 Å². The van der Waals surface area contributed by atoms with Gasteiger partial charge in [-0.15, -0.1) is 11.8 Å². The maximum absolute atomic E-state index is 13.8. The van der Waals surface area contributed by atoms with E-state index in [0.717, 1.165) is 12.8 Å². The zero-order valence-corrected chi connectivity index (χ0v) is 20.8. The second kappa shape index (κ2) is 8.25. The maximum atomic E-state index is 13.8. The molecule has 7 nitrogen and oxygen atoms in total. The second-order valence-corrected chi connectivity index (χ2v) is 12.9. The van der Waals surface area contributed by atoms with Gasteiger partial charge in [-0.2, -0.15) is 0 Å². The summed E-state index contributed by atoms with van der Waals surface area (Å²) in [6.45, 7) is 12.9. The fourth-order valence-electron chi connectivity index (χ4n) is 6.54. The third kappa shape index (κ3) is 4.10. The number of amides is 3. The van der Waals surface area contributed by atoms with Crippen molar-refractivity contribution >= 4 is 29.5 Å². The Morgan fingerprint density at radius 2 is 1.87 bits per heavy atom. The fraction of sp³-hybridized carbons (Fsp3) is 0.870. The number of hydrogen-bond acceptors (Lipinski definition) is 5. The fourth-order valence-corrected chi connectivity index (χ4v) is 8.96. The third-order valence-corrected chi connectivity index (χ3v) is 9.11. The molecule has 3 aliphatic rings. The van der Waals surface area contributed by atoms with Crippen LogP contribution in [0.3, 0.4) is 0 Å². The molecular weight excluding hydrogens is 414 g/mol. The van der Waals surface area contributed by atoms with Gasteiger partial charge < -0.3 is 20.6 Å². The summed E-state index contributed by atoms with van der Waals surface area (Å²) in [5, 5.41) is 15.4. The molecule has 6 atom stereocenters. The molecule has 31 heavy (non-hydrogen) atoms. The number of hydrogen-bond donors (Lipinski definition) is 3. The van der Waals surface area contributed by atoms with Crippen molar-refractivity contribution < 1.29 is 19.5 Å². The molecule has 3 N–H and O–H groups in total. The molecule has 0 aromatic carbocycles. The molecule has 0 saturated carbocycles. The number of thioether (sulfide) groups is 1. The summed E-state index contributed by atoms with van der Waals surface area (Å²) in [5.74, 6) is -1.11. The summed E-state index contributed by atoms with van der Waals surface area (Å²) in [6, 6.07) is -0.629. The quantitative estimate of drug-likeness (QED) is 0.546. The standard InChI is InChI=1S/C23H39N3O4S/c1-13-11-14-15(18(28)24-7)16-20(30)26(9-8-10-27)17(23(13,16)31-14)19(29)25-22(5,6)12-21(2,3)4/h13-17,27H,8-12H2,1-7H3,(H,24,28)(H,25,29)/t13?,14-,15+,16-,17?,23?/m0/s1. The molecule has 0 radical (unpaired) electrons. The first-order chi connectivity index (χ1) is 14.3. The van der Waals surface area contributed by atoms with Crippen molar-refractivity contribution in [1.82, 2.24) is 15.5 Å². The van der Waals surface area contributed by atoms with Crippen molar-refractivity contribution in [3.05, 3.63) is 0 Å². The van der Waals surface area contributed by atoms with Crippen molar-refractivity contribution in [2.45, 2.75) is 82.4 Å². The minimum atomic E-state index is -0.629. The van der Waals surface area contributed by atoms with Crippen LogP contribution >= 0.6 is 11.8 Å². The van der Waals surface area contributed by atoms with E-state index in [0.29, 0.717) is 13.0 Å². The van der Waals surface area contributed by atoms with Crippen LogP contribution in [0.1, 0.15) is 60.8 Å². The van der Waals surface area contributed by atoms with Crippen LogP contribution in [0.4, 0.5) is 0 Å². The number of nitrogens with one attached hydrogen (secondary N) is 2. The number of likely N-dealkylation sites (tertiary alicyclic amines) is 1. The summed E-state index contributed by atoms with van der Waals surface area (Å²) >= 11 is 1.68. The summed E-state index contributed by atoms with van der Waals surface area (Å²) in [7, 11) is 1.61. The van der Waals surface area contributed by atoms with E-state index in [9.17, 15) is 19.5 Å². The van der Waals surface area contributed by atoms with Crippen molar-refractivity contribution in [3.63, 3.8) is 0 Å². The van der Waals surface area contributed by atoms with E-state index in [4.69, 9.17) is 0 Å². The lowest BCUT2D eigenvalue weighted by Crippen LogP contribution is -2.60. The van der Waals surface area contributed by atoms with E-state index in [-0.39, 0.29) is 40.9 Å². The number of carbonyl (C=O) groups excluding carboxylic acids is 3. The summed E-state index contributed by atoms with van der Waals surface area (Å²) < 4.78 is -0.601. The third-order valence-electron chi connectivity index (χ3n) is 7.03. The number of aliphatic hydroxyl groups is 1. The average Bonchev–Trinajstić information content (AvgIpc) is 3.20. The van der Waals surface area contributed by atoms with E-state index < -0.39 is 28.2 Å². The van der Waals surface area contributed by atoms with Gasteiger partial charge in [-0.25, -0.2) is 0 Å². The minimum absolute atomic E-state index is 0.0395. The molecule has 3 unspecified atom stereocenters. The van der Waals surface area contributed by atoms with Crippen LogP contribution in [0.2, 0.25) is 0 Å². The van der Waals surface area contributed by atoms with Gasteiger partial charge in [0.1, 0.15) is 6.04 Å². The van der Waals surface area contributed by atoms with Gasteiger partial charge in [0, 0.05) is 31.0 Å². The molecular formula is C23H39N3O4S. The predicted octanol–water partition coefficient (Wildman–Crippen LogP) is 1.78. The summed E-state index contributed by atoms with van der Waals surface area (Å²) in [5.41, 5.74) is -0.391. The lowest BCUT2D eigenvalue weighted by molar-refractivity contribution is -0.140. The van der Waals surface area contributed by atoms with Crippen molar-refractivity contribution in [3.8, 4) is 0 Å². The number of fused-ring (bicyclic) bond motifs is 1. The molecule has 2 bridgehead atoms. The number of rotatable bonds is 7. The molecule has 1 spiro atoms. The van der Waals surface area contributed by atoms with E-state index in [1.165, 1.54) is 0 Å². The largest absolute Gasteiger partial charge is 0.396 e. The first-order valence-corrected chi connectivity index (χ1v) is 12.3. The molecule has 0 aliphatic carbocycles. The predicted molar refractivity (Wildman–Crippen MR) is 122 cm³/mol. The number of nitrogens with zero attached hydrogens (tertiary/aromatic N) is 1. The molecule has 3 aliphatic heterocycles. The molecule has 0 aromatic rings. The van der Waals surface area contributed by atoms with Gasteiger partial charge in [-0.05, 0) is 44.4 Å². The van der Waals surface area contributed by atoms with E-state index >= 15 is 0 Å². The number of aliphatic hydroxyl groups excluding tert-OH is 1. The first kappa shape index (κ1) is 24.4. The van der Waals surface area contributed by atoms with Gasteiger partial charge in [0.15, 0.2) is 0 Å². The normalized spacial score (nSPS) is 34.8. The zero-order valence-electron chi connectivity index (χ0n) is 19.9. The van der Waals surface area contributed by atoms with Crippen LogP contribution < -0.4 is 10.6 Å². The Hall–Kier alpha value is -1.28. The molecule has 3 amide bonds. The highest BCUT2D eigenvalue weighted by Crippen LogP contribution is 2.68. The maximum Gasteiger partial charge on any atom is 0.244 e. The lowest BCUT2D eigenvalue weighted by atomic mass is 9.65.